The van der Waals surface area contributed by atoms with Gasteiger partial charge in [-0.2, -0.15) is 0 Å². The van der Waals surface area contributed by atoms with Crippen molar-refractivity contribution in [3.05, 3.63) is 0 Å². The van der Waals surface area contributed by atoms with Crippen LogP contribution in [0.4, 0.5) is 0 Å². The standard InChI is InChI=1S/C11H18N2O4/c14-8-3-9(11(16)17)13(6-8)10(15)5-12-4-7-1-2-7/h7-9,12,14H,1-6H2,(H,16,17)/t8-,9+/m1/s1. The van der Waals surface area contributed by atoms with Crippen LogP contribution in [0, 0.1) is 5.92 Å². The molecule has 0 spiro atoms. The summed E-state index contributed by atoms with van der Waals surface area (Å²) in [6.07, 6.45) is 1.83. The molecule has 1 aliphatic heterocycles. The summed E-state index contributed by atoms with van der Waals surface area (Å²) in [4.78, 5) is 24.0. The van der Waals surface area contributed by atoms with E-state index in [9.17, 15) is 14.7 Å². The summed E-state index contributed by atoms with van der Waals surface area (Å²) >= 11 is 0. The van der Waals surface area contributed by atoms with Gasteiger partial charge in [0.1, 0.15) is 6.04 Å². The molecule has 0 unspecified atom stereocenters. The molecule has 1 saturated heterocycles. The Hall–Kier alpha value is -1.14. The van der Waals surface area contributed by atoms with E-state index in [-0.39, 0.29) is 25.4 Å². The number of hydrogen-bond donors (Lipinski definition) is 3. The maximum Gasteiger partial charge on any atom is 0.326 e. The molecule has 1 amide bonds. The minimum absolute atomic E-state index is 0.126. The number of nitrogens with one attached hydrogen (secondary N) is 1. The third-order valence-electron chi connectivity index (χ3n) is 3.29. The Bertz CT molecular complexity index is 317. The quantitative estimate of drug-likeness (QED) is 0.577. The van der Waals surface area contributed by atoms with Gasteiger partial charge in [-0.25, -0.2) is 4.79 Å². The molecule has 96 valence electrons. The fraction of sp³-hybridized carbons (Fsp3) is 0.818. The number of hydrogen-bond acceptors (Lipinski definition) is 4. The highest BCUT2D eigenvalue weighted by Crippen LogP contribution is 2.27. The van der Waals surface area contributed by atoms with Crippen molar-refractivity contribution in [3.63, 3.8) is 0 Å². The summed E-state index contributed by atoms with van der Waals surface area (Å²) in [6, 6.07) is -0.875. The summed E-state index contributed by atoms with van der Waals surface area (Å²) in [5.41, 5.74) is 0. The van der Waals surface area contributed by atoms with Crippen LogP contribution >= 0.6 is 0 Å². The zero-order chi connectivity index (χ0) is 12.4. The van der Waals surface area contributed by atoms with E-state index < -0.39 is 18.1 Å². The zero-order valence-corrected chi connectivity index (χ0v) is 9.63. The number of aliphatic hydroxyl groups excluding tert-OH is 1. The third-order valence-corrected chi connectivity index (χ3v) is 3.29. The van der Waals surface area contributed by atoms with Gasteiger partial charge in [-0.1, -0.05) is 0 Å². The summed E-state index contributed by atoms with van der Waals surface area (Å²) in [5.74, 6) is -0.603. The number of aliphatic hydroxyl groups is 1. The van der Waals surface area contributed by atoms with Crippen molar-refractivity contribution in [2.45, 2.75) is 31.4 Å². The van der Waals surface area contributed by atoms with Gasteiger partial charge in [0.2, 0.25) is 5.91 Å². The van der Waals surface area contributed by atoms with Gasteiger partial charge in [-0.3, -0.25) is 4.79 Å². The number of carbonyl (C=O) groups is 2. The number of nitrogens with zero attached hydrogens (tertiary/aromatic N) is 1. The molecule has 1 aliphatic carbocycles. The molecule has 6 nitrogen and oxygen atoms in total. The molecule has 3 N–H and O–H groups in total. The molecule has 2 atom stereocenters. The van der Waals surface area contributed by atoms with Crippen molar-refractivity contribution in [2.75, 3.05) is 19.6 Å². The van der Waals surface area contributed by atoms with Gasteiger partial charge in [-0.05, 0) is 25.3 Å². The SMILES string of the molecule is O=C(O)[C@@H]1C[C@@H](O)CN1C(=O)CNCC1CC1. The third kappa shape index (κ3) is 3.17. The Kier molecular flexibility index (Phi) is 3.63. The molecule has 2 rings (SSSR count). The first kappa shape index (κ1) is 12.3. The minimum Gasteiger partial charge on any atom is -0.480 e. The maximum absolute atomic E-state index is 11.8. The highest BCUT2D eigenvalue weighted by molar-refractivity contribution is 5.85. The predicted octanol–water partition coefficient (Wildman–Crippen LogP) is -0.968. The van der Waals surface area contributed by atoms with Crippen LogP contribution in [0.15, 0.2) is 0 Å². The first-order valence-corrected chi connectivity index (χ1v) is 5.99. The van der Waals surface area contributed by atoms with Crippen LogP contribution in [0.25, 0.3) is 0 Å². The van der Waals surface area contributed by atoms with E-state index in [1.807, 2.05) is 0 Å². The first-order chi connectivity index (χ1) is 8.08. The van der Waals surface area contributed by atoms with E-state index in [0.29, 0.717) is 5.92 Å². The molecule has 0 aromatic heterocycles. The lowest BCUT2D eigenvalue weighted by molar-refractivity contribution is -0.147. The Balaban J connectivity index is 1.81. The molecule has 1 saturated carbocycles. The van der Waals surface area contributed by atoms with Crippen LogP contribution < -0.4 is 5.32 Å². The van der Waals surface area contributed by atoms with Crippen molar-refractivity contribution >= 4 is 11.9 Å². The van der Waals surface area contributed by atoms with Gasteiger partial charge in [0.25, 0.3) is 0 Å². The van der Waals surface area contributed by atoms with Crippen LogP contribution in [-0.4, -0.2) is 58.8 Å². The van der Waals surface area contributed by atoms with Gasteiger partial charge in [0.05, 0.1) is 12.6 Å². The Morgan fingerprint density at radius 2 is 2.06 bits per heavy atom. The second-order valence-electron chi connectivity index (χ2n) is 4.86. The number of β-amino-alcohol motifs (C(OH)–C–C–N with tert-alkyl or cyclic N) is 1. The predicted molar refractivity (Wildman–Crippen MR) is 59.4 cm³/mol. The molecular formula is C11H18N2O4. The molecule has 2 fully saturated rings. The molecule has 0 bridgehead atoms. The average molecular weight is 242 g/mol. The maximum atomic E-state index is 11.8. The molecule has 0 radical (unpaired) electrons. The van der Waals surface area contributed by atoms with Crippen LogP contribution in [0.2, 0.25) is 0 Å². The Labute approximate surface area is 99.6 Å². The molecule has 17 heavy (non-hydrogen) atoms. The van der Waals surface area contributed by atoms with E-state index in [2.05, 4.69) is 5.32 Å². The van der Waals surface area contributed by atoms with Gasteiger partial charge in [0, 0.05) is 13.0 Å². The summed E-state index contributed by atoms with van der Waals surface area (Å²) < 4.78 is 0. The second kappa shape index (κ2) is 5.01. The van der Waals surface area contributed by atoms with E-state index in [0.717, 1.165) is 6.54 Å². The molecular weight excluding hydrogens is 224 g/mol. The van der Waals surface area contributed by atoms with Crippen molar-refractivity contribution in [1.29, 1.82) is 0 Å². The van der Waals surface area contributed by atoms with Crippen LogP contribution in [-0.2, 0) is 9.59 Å². The smallest absolute Gasteiger partial charge is 0.326 e. The number of amides is 1. The monoisotopic (exact) mass is 242 g/mol. The van der Waals surface area contributed by atoms with Crippen LogP contribution in [0.3, 0.4) is 0 Å². The zero-order valence-electron chi connectivity index (χ0n) is 9.63. The van der Waals surface area contributed by atoms with Crippen molar-refractivity contribution in [1.82, 2.24) is 10.2 Å². The average Bonchev–Trinajstić information content (AvgIpc) is 2.99. The normalized spacial score (nSPS) is 28.4. The largest absolute Gasteiger partial charge is 0.480 e. The number of carbonyl (C=O) groups excluding carboxylic acids is 1. The fourth-order valence-electron chi connectivity index (χ4n) is 2.13. The van der Waals surface area contributed by atoms with Crippen molar-refractivity contribution in [2.24, 2.45) is 5.92 Å². The number of rotatable bonds is 5. The van der Waals surface area contributed by atoms with Gasteiger partial charge in [-0.15, -0.1) is 0 Å². The minimum atomic E-state index is -1.04. The summed E-state index contributed by atoms with van der Waals surface area (Å²) in [7, 11) is 0. The van der Waals surface area contributed by atoms with E-state index in [4.69, 9.17) is 5.11 Å². The number of carboxylic acid groups (broad SMARTS) is 1. The second-order valence-corrected chi connectivity index (χ2v) is 4.86. The number of likely N-dealkylation sites (tertiary alicyclic amines) is 1. The molecule has 6 heteroatoms. The molecule has 1 heterocycles. The molecule has 0 aromatic rings. The lowest BCUT2D eigenvalue weighted by Gasteiger charge is -2.21. The van der Waals surface area contributed by atoms with Crippen molar-refractivity contribution in [3.8, 4) is 0 Å². The topological polar surface area (TPSA) is 89.9 Å². The summed E-state index contributed by atoms with van der Waals surface area (Å²) in [6.45, 7) is 1.10. The van der Waals surface area contributed by atoms with E-state index >= 15 is 0 Å². The molecule has 2 aliphatic rings. The Morgan fingerprint density at radius 3 is 2.65 bits per heavy atom. The van der Waals surface area contributed by atoms with Gasteiger partial charge >= 0.3 is 5.97 Å². The van der Waals surface area contributed by atoms with E-state index in [1.165, 1.54) is 17.7 Å². The number of carboxylic acids is 1. The molecule has 0 aromatic carbocycles. The highest BCUT2D eigenvalue weighted by atomic mass is 16.4. The summed E-state index contributed by atoms with van der Waals surface area (Å²) in [5, 5.41) is 21.4. The van der Waals surface area contributed by atoms with Crippen LogP contribution in [0.5, 0.6) is 0 Å². The first-order valence-electron chi connectivity index (χ1n) is 5.99. The van der Waals surface area contributed by atoms with E-state index in [1.54, 1.807) is 0 Å². The lowest BCUT2D eigenvalue weighted by Crippen LogP contribution is -2.44. The lowest BCUT2D eigenvalue weighted by atomic mass is 10.2. The van der Waals surface area contributed by atoms with Gasteiger partial charge in [0.15, 0.2) is 0 Å². The number of aliphatic carboxylic acids is 1. The Morgan fingerprint density at radius 1 is 1.35 bits per heavy atom. The van der Waals surface area contributed by atoms with Crippen molar-refractivity contribution < 1.29 is 19.8 Å². The van der Waals surface area contributed by atoms with Gasteiger partial charge < -0.3 is 20.4 Å². The highest BCUT2D eigenvalue weighted by Gasteiger charge is 2.38. The van der Waals surface area contributed by atoms with Crippen LogP contribution in [0.1, 0.15) is 19.3 Å². The fourth-order valence-corrected chi connectivity index (χ4v) is 2.13.